The molecule has 0 spiro atoms. The second-order valence-electron chi connectivity index (χ2n) is 12.5. The molecule has 0 aliphatic carbocycles. The Kier molecular flexibility index (Phi) is 16.5. The molecule has 0 aliphatic rings. The molecule has 8 aromatic rings. The van der Waals surface area contributed by atoms with E-state index in [2.05, 4.69) is 197 Å². The van der Waals surface area contributed by atoms with Crippen LogP contribution in [0, 0.1) is 13.8 Å². The van der Waals surface area contributed by atoms with Crippen LogP contribution in [-0.2, 0) is 26.2 Å². The van der Waals surface area contributed by atoms with Crippen molar-refractivity contribution in [3.05, 3.63) is 216 Å². The van der Waals surface area contributed by atoms with Crippen LogP contribution in [0.3, 0.4) is 0 Å². The van der Waals surface area contributed by atoms with Crippen molar-refractivity contribution in [3.63, 3.8) is 0 Å². The molecule has 0 saturated carbocycles. The van der Waals surface area contributed by atoms with E-state index in [4.69, 9.17) is 0 Å². The van der Waals surface area contributed by atoms with Gasteiger partial charge < -0.3 is 0 Å². The largest absolute Gasteiger partial charge is 2.00 e. The maximum Gasteiger partial charge on any atom is 2.00 e. The molecular weight excluding hydrogens is 720 g/mol. The molecule has 0 heterocycles. The van der Waals surface area contributed by atoms with Crippen molar-refractivity contribution in [1.82, 2.24) is 0 Å². The summed E-state index contributed by atoms with van der Waals surface area (Å²) >= 11 is 0. The van der Waals surface area contributed by atoms with E-state index in [-0.39, 0.29) is 26.2 Å². The van der Waals surface area contributed by atoms with Crippen LogP contribution in [0.4, 0.5) is 0 Å². The van der Waals surface area contributed by atoms with Crippen LogP contribution in [0.25, 0.3) is 56.0 Å². The van der Waals surface area contributed by atoms with Crippen molar-refractivity contribution < 1.29 is 26.2 Å². The summed E-state index contributed by atoms with van der Waals surface area (Å²) in [6, 6.07) is 63.7. The summed E-state index contributed by atoms with van der Waals surface area (Å²) < 4.78 is 0. The van der Waals surface area contributed by atoms with Crippen molar-refractivity contribution in [2.75, 3.05) is 0 Å². The number of hydrogen-bond donors (Lipinski definition) is 0. The molecule has 8 aromatic carbocycles. The summed E-state index contributed by atoms with van der Waals surface area (Å²) in [5.41, 5.74) is 10.3. The van der Waals surface area contributed by atoms with Gasteiger partial charge in [-0.1, -0.05) is 196 Å². The molecule has 8 rings (SSSR count). The van der Waals surface area contributed by atoms with E-state index in [1.165, 1.54) is 66.1 Å². The molecule has 0 unspecified atom stereocenters. The summed E-state index contributed by atoms with van der Waals surface area (Å²) in [6.45, 7) is 8.60. The van der Waals surface area contributed by atoms with Crippen LogP contribution in [0.1, 0.15) is 22.3 Å². The molecule has 254 valence electrons. The van der Waals surface area contributed by atoms with E-state index in [1.54, 1.807) is 0 Å². The van der Waals surface area contributed by atoms with Gasteiger partial charge in [-0.3, -0.25) is 0 Å². The van der Waals surface area contributed by atoms with Gasteiger partial charge in [0.1, 0.15) is 0 Å². The molecule has 0 nitrogen and oxygen atoms in total. The number of hydrogen-bond acceptors (Lipinski definition) is 0. The van der Waals surface area contributed by atoms with E-state index in [0.717, 1.165) is 9.52 Å². The number of rotatable bonds is 5. The first-order chi connectivity index (χ1) is 25.1. The third kappa shape index (κ3) is 11.8. The smallest absolute Gasteiger partial charge is 0.165 e. The van der Waals surface area contributed by atoms with Crippen molar-refractivity contribution in [2.45, 2.75) is 26.9 Å². The topological polar surface area (TPSA) is 0 Å². The second kappa shape index (κ2) is 21.5. The minimum atomic E-state index is 0. The van der Waals surface area contributed by atoms with Gasteiger partial charge in [0.2, 0.25) is 0 Å². The molecular formula is C50H46SiZr. The monoisotopic (exact) mass is 764 g/mol. The molecule has 0 aromatic heterocycles. The zero-order valence-electron chi connectivity index (χ0n) is 30.6. The molecule has 0 atom stereocenters. The van der Waals surface area contributed by atoms with Crippen molar-refractivity contribution >= 4 is 43.2 Å². The fraction of sp³-hybridized carbons (Fsp3) is 0.0800. The van der Waals surface area contributed by atoms with E-state index in [9.17, 15) is 0 Å². The molecule has 52 heavy (non-hydrogen) atoms. The van der Waals surface area contributed by atoms with Gasteiger partial charge in [0.05, 0.1) is 0 Å². The van der Waals surface area contributed by atoms with Crippen molar-refractivity contribution in [2.24, 2.45) is 0 Å². The Hall–Kier alpha value is -4.88. The Balaban J connectivity index is 0.000000166. The predicted molar refractivity (Wildman–Crippen MR) is 228 cm³/mol. The third-order valence-corrected chi connectivity index (χ3v) is 8.25. The number of aryl methyl sites for hydroxylation is 2. The van der Waals surface area contributed by atoms with E-state index in [0.29, 0.717) is 0 Å². The SMILES string of the molecule is C(/C=C/c1ccccc1)=C\c1ccccc1.C[Si]C.Cc1cc2c(-c3ccccc3)cccc2[cH-]1.Cc1cc2c(-c3ccccc3)cccc2[cH-]1.[Zr+2]. The average molecular weight is 766 g/mol. The Morgan fingerprint density at radius 1 is 0.423 bits per heavy atom. The average Bonchev–Trinajstić information content (AvgIpc) is 3.76. The zero-order valence-corrected chi connectivity index (χ0v) is 34.1. The zero-order chi connectivity index (χ0) is 35.7. The first-order valence-electron chi connectivity index (χ1n) is 17.5. The Morgan fingerprint density at radius 2 is 0.750 bits per heavy atom. The van der Waals surface area contributed by atoms with Crippen LogP contribution in [0.15, 0.2) is 194 Å². The molecule has 0 aliphatic heterocycles. The third-order valence-electron chi connectivity index (χ3n) is 8.25. The normalized spacial score (nSPS) is 10.5. The van der Waals surface area contributed by atoms with E-state index >= 15 is 0 Å². The van der Waals surface area contributed by atoms with Crippen LogP contribution < -0.4 is 0 Å². The Bertz CT molecular complexity index is 2080. The summed E-state index contributed by atoms with van der Waals surface area (Å²) in [5, 5.41) is 5.37. The second-order valence-corrected chi connectivity index (χ2v) is 13.5. The number of benzene rings is 6. The first-order valence-corrected chi connectivity index (χ1v) is 19.5. The minimum Gasteiger partial charge on any atom is -0.165 e. The van der Waals surface area contributed by atoms with Crippen LogP contribution in [0.5, 0.6) is 0 Å². The molecule has 2 radical (unpaired) electrons. The fourth-order valence-corrected chi connectivity index (χ4v) is 5.97. The summed E-state index contributed by atoms with van der Waals surface area (Å²) in [4.78, 5) is 0. The summed E-state index contributed by atoms with van der Waals surface area (Å²) in [5.74, 6) is 0. The van der Waals surface area contributed by atoms with Gasteiger partial charge in [-0.15, -0.1) is 69.1 Å². The molecule has 0 amide bonds. The maximum absolute atomic E-state index is 2.26. The van der Waals surface area contributed by atoms with Crippen LogP contribution in [-0.4, -0.2) is 9.52 Å². The van der Waals surface area contributed by atoms with E-state index < -0.39 is 0 Å². The van der Waals surface area contributed by atoms with Gasteiger partial charge in [0.25, 0.3) is 0 Å². The Morgan fingerprint density at radius 3 is 1.10 bits per heavy atom. The first kappa shape index (κ1) is 39.9. The summed E-state index contributed by atoms with van der Waals surface area (Å²) in [6.07, 6.45) is 8.31. The van der Waals surface area contributed by atoms with Gasteiger partial charge in [-0.25, -0.2) is 0 Å². The van der Waals surface area contributed by atoms with Crippen molar-refractivity contribution in [1.29, 1.82) is 0 Å². The fourth-order valence-electron chi connectivity index (χ4n) is 5.97. The number of allylic oxidation sites excluding steroid dienone is 2. The Labute approximate surface area is 332 Å². The standard InChI is InChI=1S/2C16H13.C16H14.C2H6Si.Zr/c2*1-12-10-14-8-5-9-15(16(14)11-12)13-6-3-2-4-7-13;1-3-9-15(10-4-1)13-7-8-14-16-11-5-2-6-12-16;1-3-2;/h2*2-11H,1H3;1-14H;1-2H3;/q2*-1;;;+2/b;;13-7+,14-8+;;. The maximum atomic E-state index is 2.26. The number of fused-ring (bicyclic) bond motifs is 2. The molecule has 0 bridgehead atoms. The van der Waals surface area contributed by atoms with Gasteiger partial charge in [-0.2, -0.15) is 12.1 Å². The predicted octanol–water partition coefficient (Wildman–Crippen LogP) is 14.3. The molecule has 0 saturated heterocycles. The van der Waals surface area contributed by atoms with Gasteiger partial charge in [-0.05, 0) is 22.3 Å². The van der Waals surface area contributed by atoms with Crippen LogP contribution >= 0.6 is 0 Å². The summed E-state index contributed by atoms with van der Waals surface area (Å²) in [7, 11) is 1.08. The van der Waals surface area contributed by atoms with Gasteiger partial charge in [0.15, 0.2) is 0 Å². The minimum absolute atomic E-state index is 0. The van der Waals surface area contributed by atoms with Crippen LogP contribution in [0.2, 0.25) is 13.1 Å². The van der Waals surface area contributed by atoms with Crippen molar-refractivity contribution in [3.8, 4) is 22.3 Å². The quantitative estimate of drug-likeness (QED) is 0.0930. The van der Waals surface area contributed by atoms with Gasteiger partial charge >= 0.3 is 26.2 Å². The molecule has 0 N–H and O–H groups in total. The van der Waals surface area contributed by atoms with E-state index in [1.807, 2.05) is 36.4 Å². The van der Waals surface area contributed by atoms with Gasteiger partial charge in [0, 0.05) is 9.52 Å². The molecule has 2 heteroatoms. The molecule has 0 fully saturated rings.